The van der Waals surface area contributed by atoms with Gasteiger partial charge in [-0.05, 0) is 30.7 Å². The van der Waals surface area contributed by atoms with Crippen molar-refractivity contribution in [2.24, 2.45) is 0 Å². The third kappa shape index (κ3) is 1.79. The average molecular weight is 276 g/mol. The lowest BCUT2D eigenvalue weighted by Gasteiger charge is -2.05. The van der Waals surface area contributed by atoms with Gasteiger partial charge in [0.25, 0.3) is 0 Å². The number of thiazole rings is 1. The summed E-state index contributed by atoms with van der Waals surface area (Å²) in [6.45, 7) is 2.05. The molecule has 4 rings (SSSR count). The molecule has 0 radical (unpaired) electrons. The fourth-order valence-corrected chi connectivity index (χ4v) is 3.35. The van der Waals surface area contributed by atoms with E-state index >= 15 is 0 Å². The summed E-state index contributed by atoms with van der Waals surface area (Å²) in [6.07, 6.45) is 1.84. The van der Waals surface area contributed by atoms with Crippen molar-refractivity contribution in [1.82, 2.24) is 9.97 Å². The van der Waals surface area contributed by atoms with Gasteiger partial charge < -0.3 is 0 Å². The molecule has 2 aromatic carbocycles. The van der Waals surface area contributed by atoms with E-state index in [1.54, 1.807) is 11.3 Å². The largest absolute Gasteiger partial charge is 0.256 e. The Morgan fingerprint density at radius 2 is 1.90 bits per heavy atom. The number of hydrogen-bond donors (Lipinski definition) is 0. The summed E-state index contributed by atoms with van der Waals surface area (Å²) in [5, 5.41) is 2.27. The van der Waals surface area contributed by atoms with Crippen molar-refractivity contribution < 1.29 is 0 Å². The SMILES string of the molecule is Cc1nc2cc(-c3cccc4cccnc34)ccc2s1. The van der Waals surface area contributed by atoms with Gasteiger partial charge in [-0.15, -0.1) is 11.3 Å². The van der Waals surface area contributed by atoms with Gasteiger partial charge in [-0.25, -0.2) is 4.98 Å². The first kappa shape index (κ1) is 11.6. The highest BCUT2D eigenvalue weighted by Crippen LogP contribution is 2.31. The Morgan fingerprint density at radius 3 is 2.85 bits per heavy atom. The summed E-state index contributed by atoms with van der Waals surface area (Å²) in [7, 11) is 0. The molecule has 0 spiro atoms. The van der Waals surface area contributed by atoms with Gasteiger partial charge in [-0.1, -0.05) is 30.3 Å². The van der Waals surface area contributed by atoms with E-state index in [1.807, 2.05) is 19.2 Å². The van der Waals surface area contributed by atoms with Crippen LogP contribution in [0, 0.1) is 6.92 Å². The number of nitrogens with zero attached hydrogens (tertiary/aromatic N) is 2. The fourth-order valence-electron chi connectivity index (χ4n) is 2.55. The third-order valence-corrected chi connectivity index (χ3v) is 4.39. The van der Waals surface area contributed by atoms with Gasteiger partial charge >= 0.3 is 0 Å². The van der Waals surface area contributed by atoms with Gasteiger partial charge in [0.15, 0.2) is 0 Å². The number of para-hydroxylation sites is 1. The van der Waals surface area contributed by atoms with Crippen LogP contribution < -0.4 is 0 Å². The smallest absolute Gasteiger partial charge is 0.0907 e. The zero-order chi connectivity index (χ0) is 13.5. The Labute approximate surface area is 120 Å². The second-order valence-corrected chi connectivity index (χ2v) is 6.03. The molecule has 0 fully saturated rings. The lowest BCUT2D eigenvalue weighted by molar-refractivity contribution is 1.35. The molecule has 0 atom stereocenters. The van der Waals surface area contributed by atoms with E-state index in [0.717, 1.165) is 21.6 Å². The summed E-state index contributed by atoms with van der Waals surface area (Å²) >= 11 is 1.73. The highest BCUT2D eigenvalue weighted by Gasteiger charge is 2.07. The van der Waals surface area contributed by atoms with Crippen LogP contribution in [0.4, 0.5) is 0 Å². The van der Waals surface area contributed by atoms with E-state index in [4.69, 9.17) is 0 Å². The number of benzene rings is 2. The molecule has 20 heavy (non-hydrogen) atoms. The molecule has 0 N–H and O–H groups in total. The van der Waals surface area contributed by atoms with Crippen molar-refractivity contribution >= 4 is 32.5 Å². The average Bonchev–Trinajstić information content (AvgIpc) is 2.85. The van der Waals surface area contributed by atoms with Crippen molar-refractivity contribution in [2.75, 3.05) is 0 Å². The van der Waals surface area contributed by atoms with Crippen LogP contribution in [0.1, 0.15) is 5.01 Å². The van der Waals surface area contributed by atoms with Crippen LogP contribution in [-0.2, 0) is 0 Å². The molecule has 96 valence electrons. The lowest BCUT2D eigenvalue weighted by Crippen LogP contribution is -1.84. The minimum atomic E-state index is 1.04. The Balaban J connectivity index is 2.00. The van der Waals surface area contributed by atoms with Crippen LogP contribution in [-0.4, -0.2) is 9.97 Å². The first-order valence-corrected chi connectivity index (χ1v) is 7.34. The molecule has 0 amide bonds. The van der Waals surface area contributed by atoms with Crippen molar-refractivity contribution in [1.29, 1.82) is 0 Å². The minimum Gasteiger partial charge on any atom is -0.256 e. The molecule has 2 aromatic heterocycles. The van der Waals surface area contributed by atoms with Gasteiger partial charge in [-0.3, -0.25) is 4.98 Å². The van der Waals surface area contributed by atoms with Crippen LogP contribution in [0.2, 0.25) is 0 Å². The summed E-state index contributed by atoms with van der Waals surface area (Å²) in [5.41, 5.74) is 4.45. The maximum atomic E-state index is 4.58. The number of pyridine rings is 1. The van der Waals surface area contributed by atoms with E-state index in [9.17, 15) is 0 Å². The van der Waals surface area contributed by atoms with Gasteiger partial charge in [-0.2, -0.15) is 0 Å². The molecular formula is C17H12N2S. The van der Waals surface area contributed by atoms with E-state index in [-0.39, 0.29) is 0 Å². The maximum absolute atomic E-state index is 4.58. The zero-order valence-electron chi connectivity index (χ0n) is 11.0. The quantitative estimate of drug-likeness (QED) is 0.498. The molecule has 0 bridgehead atoms. The topological polar surface area (TPSA) is 25.8 Å². The molecule has 0 unspecified atom stereocenters. The number of rotatable bonds is 1. The first-order chi connectivity index (χ1) is 9.81. The molecule has 0 aliphatic rings. The Kier molecular flexibility index (Phi) is 2.54. The molecular weight excluding hydrogens is 264 g/mol. The van der Waals surface area contributed by atoms with E-state index in [2.05, 4.69) is 52.4 Å². The lowest BCUT2D eigenvalue weighted by atomic mass is 10.0. The van der Waals surface area contributed by atoms with Crippen LogP contribution in [0.15, 0.2) is 54.7 Å². The highest BCUT2D eigenvalue weighted by molar-refractivity contribution is 7.18. The van der Waals surface area contributed by atoms with Gasteiger partial charge in [0.2, 0.25) is 0 Å². The van der Waals surface area contributed by atoms with Crippen molar-refractivity contribution in [3.05, 3.63) is 59.7 Å². The predicted octanol–water partition coefficient (Wildman–Crippen LogP) is 4.82. The molecule has 3 heteroatoms. The number of aryl methyl sites for hydroxylation is 1. The van der Waals surface area contributed by atoms with Gasteiger partial charge in [0.05, 0.1) is 20.7 Å². The van der Waals surface area contributed by atoms with E-state index < -0.39 is 0 Å². The zero-order valence-corrected chi connectivity index (χ0v) is 11.8. The Bertz CT molecular complexity index is 919. The third-order valence-electron chi connectivity index (χ3n) is 3.44. The number of aromatic nitrogens is 2. The second-order valence-electron chi connectivity index (χ2n) is 4.80. The van der Waals surface area contributed by atoms with Crippen LogP contribution in [0.5, 0.6) is 0 Å². The number of hydrogen-bond acceptors (Lipinski definition) is 3. The number of fused-ring (bicyclic) bond motifs is 2. The molecule has 2 heterocycles. The summed E-state index contributed by atoms with van der Waals surface area (Å²) in [4.78, 5) is 9.10. The second kappa shape index (κ2) is 4.39. The summed E-state index contributed by atoms with van der Waals surface area (Å²) in [5.74, 6) is 0. The van der Waals surface area contributed by atoms with Crippen LogP contribution >= 0.6 is 11.3 Å². The fraction of sp³-hybridized carbons (Fsp3) is 0.0588. The van der Waals surface area contributed by atoms with E-state index in [0.29, 0.717) is 0 Å². The molecule has 0 saturated carbocycles. The standard InChI is InChI=1S/C17H12N2S/c1-11-19-15-10-13(7-8-16(15)20-11)14-6-2-4-12-5-3-9-18-17(12)14/h2-10H,1H3. The molecule has 4 aromatic rings. The molecule has 2 nitrogen and oxygen atoms in total. The predicted molar refractivity (Wildman–Crippen MR) is 85.1 cm³/mol. The maximum Gasteiger partial charge on any atom is 0.0907 e. The Hall–Kier alpha value is -2.26. The molecule has 0 saturated heterocycles. The molecule has 0 aliphatic carbocycles. The molecule has 0 aliphatic heterocycles. The minimum absolute atomic E-state index is 1.04. The van der Waals surface area contributed by atoms with Gasteiger partial charge in [0.1, 0.15) is 0 Å². The summed E-state index contributed by atoms with van der Waals surface area (Å²) in [6, 6.07) is 16.8. The van der Waals surface area contributed by atoms with Gasteiger partial charge in [0, 0.05) is 17.1 Å². The summed E-state index contributed by atoms with van der Waals surface area (Å²) < 4.78 is 1.24. The normalized spacial score (nSPS) is 11.2. The Morgan fingerprint density at radius 1 is 1.00 bits per heavy atom. The van der Waals surface area contributed by atoms with Crippen molar-refractivity contribution in [3.63, 3.8) is 0 Å². The van der Waals surface area contributed by atoms with Crippen LogP contribution in [0.3, 0.4) is 0 Å². The highest BCUT2D eigenvalue weighted by atomic mass is 32.1. The van der Waals surface area contributed by atoms with Crippen molar-refractivity contribution in [3.8, 4) is 11.1 Å². The van der Waals surface area contributed by atoms with E-state index in [1.165, 1.54) is 15.6 Å². The van der Waals surface area contributed by atoms with Crippen molar-refractivity contribution in [2.45, 2.75) is 6.92 Å². The van der Waals surface area contributed by atoms with Crippen LogP contribution in [0.25, 0.3) is 32.2 Å². The first-order valence-electron chi connectivity index (χ1n) is 6.52. The monoisotopic (exact) mass is 276 g/mol.